The number of carbonyl (C=O) groups is 2. The van der Waals surface area contributed by atoms with Crippen molar-refractivity contribution in [2.75, 3.05) is 6.61 Å². The average Bonchev–Trinajstić information content (AvgIpc) is 2.87. The van der Waals surface area contributed by atoms with Gasteiger partial charge in [0.2, 0.25) is 11.7 Å². The molecule has 0 saturated carbocycles. The summed E-state index contributed by atoms with van der Waals surface area (Å²) < 4.78 is 6.00. The van der Waals surface area contributed by atoms with Crippen LogP contribution in [-0.4, -0.2) is 28.0 Å². The Labute approximate surface area is 142 Å². The molecule has 0 fully saturated rings. The Morgan fingerprint density at radius 2 is 2.21 bits per heavy atom. The highest BCUT2D eigenvalue weighted by atomic mass is 32.1. The fourth-order valence-electron chi connectivity index (χ4n) is 3.08. The molecule has 24 heavy (non-hydrogen) atoms. The second-order valence-electron chi connectivity index (χ2n) is 6.05. The van der Waals surface area contributed by atoms with Crippen LogP contribution < -0.4 is 11.3 Å². The maximum Gasteiger partial charge on any atom is 0.374 e. The standard InChI is InChI=1S/C16H19N3O4S/c1-3-23-16(22)13-18-14-12(15(21)19(13)7-11(17)20)9-5-4-8(2)6-10(9)24-14/h8H,3-7H2,1-2H3,(H2,17,20). The molecule has 128 valence electrons. The molecule has 2 aromatic rings. The van der Waals surface area contributed by atoms with Crippen molar-refractivity contribution in [1.29, 1.82) is 0 Å². The molecule has 0 bridgehead atoms. The van der Waals surface area contributed by atoms with Crippen LogP contribution in [0.2, 0.25) is 0 Å². The number of nitrogens with two attached hydrogens (primary N) is 1. The number of primary amides is 1. The molecule has 2 N–H and O–H groups in total. The van der Waals surface area contributed by atoms with Gasteiger partial charge >= 0.3 is 5.97 Å². The molecule has 8 heteroatoms. The fraction of sp³-hybridized carbons (Fsp3) is 0.500. The summed E-state index contributed by atoms with van der Waals surface area (Å²) in [7, 11) is 0. The van der Waals surface area contributed by atoms with E-state index in [0.717, 1.165) is 34.3 Å². The number of carbonyl (C=O) groups excluding carboxylic acids is 2. The van der Waals surface area contributed by atoms with Gasteiger partial charge in [-0.25, -0.2) is 9.78 Å². The lowest BCUT2D eigenvalue weighted by Gasteiger charge is -2.17. The lowest BCUT2D eigenvalue weighted by atomic mass is 9.89. The molecule has 3 rings (SSSR count). The quantitative estimate of drug-likeness (QED) is 0.836. The van der Waals surface area contributed by atoms with Crippen molar-refractivity contribution in [3.05, 3.63) is 26.6 Å². The molecule has 0 spiro atoms. The highest BCUT2D eigenvalue weighted by Gasteiger charge is 2.27. The third-order valence-corrected chi connectivity index (χ3v) is 5.34. The number of amides is 1. The van der Waals surface area contributed by atoms with Gasteiger partial charge in [0, 0.05) is 4.88 Å². The van der Waals surface area contributed by atoms with E-state index in [2.05, 4.69) is 11.9 Å². The molecule has 0 radical (unpaired) electrons. The molecule has 2 aromatic heterocycles. The monoisotopic (exact) mass is 349 g/mol. The van der Waals surface area contributed by atoms with Crippen LogP contribution in [-0.2, 0) is 28.9 Å². The molecular formula is C16H19N3O4S. The third-order valence-electron chi connectivity index (χ3n) is 4.19. The SMILES string of the molecule is CCOC(=O)c1nc2sc3c(c2c(=O)n1CC(N)=O)CCC(C)C3. The molecule has 7 nitrogen and oxygen atoms in total. The Morgan fingerprint density at radius 3 is 2.88 bits per heavy atom. The Bertz CT molecular complexity index is 884. The van der Waals surface area contributed by atoms with Crippen LogP contribution >= 0.6 is 11.3 Å². The van der Waals surface area contributed by atoms with E-state index in [0.29, 0.717) is 16.1 Å². The van der Waals surface area contributed by atoms with Crippen LogP contribution in [0.25, 0.3) is 10.2 Å². The van der Waals surface area contributed by atoms with E-state index < -0.39 is 24.0 Å². The van der Waals surface area contributed by atoms with Gasteiger partial charge in [0.1, 0.15) is 11.4 Å². The third kappa shape index (κ3) is 2.82. The number of hydrogen-bond acceptors (Lipinski definition) is 6. The summed E-state index contributed by atoms with van der Waals surface area (Å²) in [5.41, 5.74) is 5.84. The Hall–Kier alpha value is -2.22. The predicted octanol–water partition coefficient (Wildman–Crippen LogP) is 1.24. The normalized spacial score (nSPS) is 16.8. The summed E-state index contributed by atoms with van der Waals surface area (Å²) in [6, 6.07) is 0. The summed E-state index contributed by atoms with van der Waals surface area (Å²) >= 11 is 1.45. The van der Waals surface area contributed by atoms with Gasteiger partial charge in [0.05, 0.1) is 12.0 Å². The van der Waals surface area contributed by atoms with E-state index in [9.17, 15) is 14.4 Å². The number of aryl methyl sites for hydroxylation is 1. The smallest absolute Gasteiger partial charge is 0.374 e. The Balaban J connectivity index is 2.25. The number of esters is 1. The van der Waals surface area contributed by atoms with Crippen LogP contribution in [0.4, 0.5) is 0 Å². The first-order valence-electron chi connectivity index (χ1n) is 7.92. The molecule has 1 amide bonds. The first-order chi connectivity index (χ1) is 11.4. The second-order valence-corrected chi connectivity index (χ2v) is 7.13. The molecular weight excluding hydrogens is 330 g/mol. The zero-order valence-corrected chi connectivity index (χ0v) is 14.4. The number of thiophene rings is 1. The topological polar surface area (TPSA) is 104 Å². The molecule has 0 aliphatic heterocycles. The van der Waals surface area contributed by atoms with Gasteiger partial charge in [-0.3, -0.25) is 14.2 Å². The summed E-state index contributed by atoms with van der Waals surface area (Å²) in [6.07, 6.45) is 2.72. The molecule has 0 saturated heterocycles. The summed E-state index contributed by atoms with van der Waals surface area (Å²) in [4.78, 5) is 42.4. The van der Waals surface area contributed by atoms with Gasteiger partial charge in [-0.05, 0) is 37.7 Å². The zero-order chi connectivity index (χ0) is 17.4. The summed E-state index contributed by atoms with van der Waals surface area (Å²) in [5, 5.41) is 0.510. The van der Waals surface area contributed by atoms with Gasteiger partial charge in [-0.2, -0.15) is 0 Å². The maximum absolute atomic E-state index is 12.9. The van der Waals surface area contributed by atoms with E-state index >= 15 is 0 Å². The highest BCUT2D eigenvalue weighted by molar-refractivity contribution is 7.18. The summed E-state index contributed by atoms with van der Waals surface area (Å²) in [6.45, 7) is 3.60. The van der Waals surface area contributed by atoms with Gasteiger partial charge in [0.15, 0.2) is 0 Å². The van der Waals surface area contributed by atoms with Crippen molar-refractivity contribution in [3.63, 3.8) is 0 Å². The van der Waals surface area contributed by atoms with Crippen LogP contribution in [0.5, 0.6) is 0 Å². The van der Waals surface area contributed by atoms with E-state index in [1.165, 1.54) is 11.3 Å². The van der Waals surface area contributed by atoms with Crippen LogP contribution in [0.15, 0.2) is 4.79 Å². The minimum absolute atomic E-state index is 0.155. The second kappa shape index (κ2) is 6.35. The van der Waals surface area contributed by atoms with Crippen molar-refractivity contribution in [2.24, 2.45) is 11.7 Å². The van der Waals surface area contributed by atoms with Crippen molar-refractivity contribution < 1.29 is 14.3 Å². The highest BCUT2D eigenvalue weighted by Crippen LogP contribution is 2.35. The first-order valence-corrected chi connectivity index (χ1v) is 8.74. The minimum atomic E-state index is -0.725. The average molecular weight is 349 g/mol. The van der Waals surface area contributed by atoms with Gasteiger partial charge in [0.25, 0.3) is 5.56 Å². The lowest BCUT2D eigenvalue weighted by molar-refractivity contribution is -0.118. The van der Waals surface area contributed by atoms with Crippen molar-refractivity contribution >= 4 is 33.4 Å². The van der Waals surface area contributed by atoms with Crippen molar-refractivity contribution in [3.8, 4) is 0 Å². The van der Waals surface area contributed by atoms with Crippen molar-refractivity contribution in [1.82, 2.24) is 9.55 Å². The largest absolute Gasteiger partial charge is 0.460 e. The van der Waals surface area contributed by atoms with E-state index in [1.807, 2.05) is 0 Å². The minimum Gasteiger partial charge on any atom is -0.460 e. The van der Waals surface area contributed by atoms with E-state index in [1.54, 1.807) is 6.92 Å². The number of nitrogens with zero attached hydrogens (tertiary/aromatic N) is 2. The number of fused-ring (bicyclic) bond motifs is 3. The lowest BCUT2D eigenvalue weighted by Crippen LogP contribution is -2.33. The van der Waals surface area contributed by atoms with E-state index in [-0.39, 0.29) is 12.4 Å². The number of rotatable bonds is 4. The molecule has 1 unspecified atom stereocenters. The first kappa shape index (κ1) is 16.6. The molecule has 1 aliphatic rings. The van der Waals surface area contributed by atoms with Crippen LogP contribution in [0.3, 0.4) is 0 Å². The molecule has 0 aromatic carbocycles. The Morgan fingerprint density at radius 1 is 1.46 bits per heavy atom. The maximum atomic E-state index is 12.9. The van der Waals surface area contributed by atoms with Crippen LogP contribution in [0, 0.1) is 5.92 Å². The molecule has 2 heterocycles. The summed E-state index contributed by atoms with van der Waals surface area (Å²) in [5.74, 6) is -1.04. The molecule has 1 aliphatic carbocycles. The van der Waals surface area contributed by atoms with Crippen LogP contribution in [0.1, 0.15) is 41.3 Å². The number of ether oxygens (including phenoxy) is 1. The predicted molar refractivity (Wildman–Crippen MR) is 90.2 cm³/mol. The fourth-order valence-corrected chi connectivity index (χ4v) is 4.45. The number of aromatic nitrogens is 2. The molecule has 1 atom stereocenters. The number of hydrogen-bond donors (Lipinski definition) is 1. The Kier molecular flexibility index (Phi) is 4.40. The van der Waals surface area contributed by atoms with E-state index in [4.69, 9.17) is 10.5 Å². The van der Waals surface area contributed by atoms with Crippen molar-refractivity contribution in [2.45, 2.75) is 39.7 Å². The van der Waals surface area contributed by atoms with Gasteiger partial charge in [-0.15, -0.1) is 11.3 Å². The van der Waals surface area contributed by atoms with Gasteiger partial charge < -0.3 is 10.5 Å². The zero-order valence-electron chi connectivity index (χ0n) is 13.6. The van der Waals surface area contributed by atoms with Gasteiger partial charge in [-0.1, -0.05) is 6.92 Å².